The Morgan fingerprint density at radius 1 is 1.21 bits per heavy atom. The monoisotopic (exact) mass is 387 g/mol. The van der Waals surface area contributed by atoms with Gasteiger partial charge < -0.3 is 5.32 Å². The van der Waals surface area contributed by atoms with Crippen molar-refractivity contribution in [1.82, 2.24) is 24.9 Å². The van der Waals surface area contributed by atoms with Crippen LogP contribution in [0.4, 0.5) is 0 Å². The number of halogens is 1. The van der Waals surface area contributed by atoms with Crippen LogP contribution in [0.25, 0.3) is 0 Å². The standard InChI is InChI=1S/C17H18BrN5O/c18-16-11-21-23(13-16)8-2-6-19-17(24)15-5-1-4-14(10-15)12-22-9-3-7-20-22/h1,3-5,7,9-11,13H,2,6,8,12H2,(H,19,24). The van der Waals surface area contributed by atoms with Crippen molar-refractivity contribution < 1.29 is 4.79 Å². The number of aromatic nitrogens is 4. The zero-order valence-corrected chi connectivity index (χ0v) is 14.7. The molecule has 0 atom stereocenters. The summed E-state index contributed by atoms with van der Waals surface area (Å²) in [5, 5.41) is 11.3. The summed E-state index contributed by atoms with van der Waals surface area (Å²) in [6, 6.07) is 9.51. The van der Waals surface area contributed by atoms with Gasteiger partial charge >= 0.3 is 0 Å². The first-order valence-electron chi connectivity index (χ1n) is 7.73. The van der Waals surface area contributed by atoms with E-state index < -0.39 is 0 Å². The van der Waals surface area contributed by atoms with Gasteiger partial charge in [0.15, 0.2) is 0 Å². The Labute approximate surface area is 148 Å². The average Bonchev–Trinajstić information content (AvgIpc) is 3.23. The first-order valence-corrected chi connectivity index (χ1v) is 8.52. The molecule has 2 heterocycles. The van der Waals surface area contributed by atoms with E-state index in [0.29, 0.717) is 18.7 Å². The van der Waals surface area contributed by atoms with Crippen molar-refractivity contribution in [1.29, 1.82) is 0 Å². The van der Waals surface area contributed by atoms with E-state index in [1.165, 1.54) is 0 Å². The quantitative estimate of drug-likeness (QED) is 0.633. The summed E-state index contributed by atoms with van der Waals surface area (Å²) in [4.78, 5) is 12.3. The first-order chi connectivity index (χ1) is 11.7. The van der Waals surface area contributed by atoms with Crippen LogP contribution in [0.15, 0.2) is 59.6 Å². The molecule has 3 aromatic rings. The van der Waals surface area contributed by atoms with Gasteiger partial charge in [-0.05, 0) is 46.1 Å². The maximum atomic E-state index is 12.3. The molecular weight excluding hydrogens is 370 g/mol. The number of carbonyl (C=O) groups is 1. The van der Waals surface area contributed by atoms with E-state index in [0.717, 1.165) is 23.0 Å². The summed E-state index contributed by atoms with van der Waals surface area (Å²) in [6.45, 7) is 2.03. The number of benzene rings is 1. The lowest BCUT2D eigenvalue weighted by molar-refractivity contribution is 0.0952. The predicted molar refractivity (Wildman–Crippen MR) is 94.6 cm³/mol. The smallest absolute Gasteiger partial charge is 0.251 e. The molecule has 0 saturated heterocycles. The molecule has 1 aromatic carbocycles. The zero-order valence-electron chi connectivity index (χ0n) is 13.1. The number of nitrogens with one attached hydrogen (secondary N) is 1. The Hall–Kier alpha value is -2.41. The molecule has 3 rings (SSSR count). The number of rotatable bonds is 7. The molecule has 1 N–H and O–H groups in total. The van der Waals surface area contributed by atoms with Gasteiger partial charge in [0.2, 0.25) is 0 Å². The Bertz CT molecular complexity index is 797. The largest absolute Gasteiger partial charge is 0.352 e. The SMILES string of the molecule is O=C(NCCCn1cc(Br)cn1)c1cccc(Cn2cccn2)c1. The van der Waals surface area contributed by atoms with Gasteiger partial charge in [0.25, 0.3) is 5.91 Å². The first kappa shape index (κ1) is 16.4. The maximum Gasteiger partial charge on any atom is 0.251 e. The number of nitrogens with zero attached hydrogens (tertiary/aromatic N) is 4. The Morgan fingerprint density at radius 2 is 2.12 bits per heavy atom. The highest BCUT2D eigenvalue weighted by molar-refractivity contribution is 9.10. The third kappa shape index (κ3) is 4.55. The van der Waals surface area contributed by atoms with Crippen molar-refractivity contribution in [2.24, 2.45) is 0 Å². The van der Waals surface area contributed by atoms with Gasteiger partial charge in [0, 0.05) is 37.2 Å². The van der Waals surface area contributed by atoms with Gasteiger partial charge in [0.1, 0.15) is 0 Å². The molecule has 0 aliphatic heterocycles. The van der Waals surface area contributed by atoms with E-state index in [2.05, 4.69) is 31.4 Å². The van der Waals surface area contributed by atoms with Crippen molar-refractivity contribution in [3.63, 3.8) is 0 Å². The summed E-state index contributed by atoms with van der Waals surface area (Å²) < 4.78 is 4.64. The van der Waals surface area contributed by atoms with Crippen molar-refractivity contribution in [3.8, 4) is 0 Å². The second-order valence-electron chi connectivity index (χ2n) is 5.44. The summed E-state index contributed by atoms with van der Waals surface area (Å²) in [7, 11) is 0. The molecule has 124 valence electrons. The van der Waals surface area contributed by atoms with Crippen molar-refractivity contribution in [3.05, 3.63) is 70.7 Å². The van der Waals surface area contributed by atoms with E-state index in [1.807, 2.05) is 52.1 Å². The molecule has 7 heteroatoms. The van der Waals surface area contributed by atoms with E-state index in [1.54, 1.807) is 12.4 Å². The fourth-order valence-corrected chi connectivity index (χ4v) is 2.73. The molecule has 0 fully saturated rings. The maximum absolute atomic E-state index is 12.3. The van der Waals surface area contributed by atoms with Crippen LogP contribution < -0.4 is 5.32 Å². The highest BCUT2D eigenvalue weighted by atomic mass is 79.9. The number of amides is 1. The topological polar surface area (TPSA) is 64.7 Å². The summed E-state index contributed by atoms with van der Waals surface area (Å²) in [5.41, 5.74) is 1.72. The fraction of sp³-hybridized carbons (Fsp3) is 0.235. The fourth-order valence-electron chi connectivity index (χ4n) is 2.40. The minimum absolute atomic E-state index is 0.0565. The molecule has 0 spiro atoms. The van der Waals surface area contributed by atoms with E-state index in [4.69, 9.17) is 0 Å². The Morgan fingerprint density at radius 3 is 2.88 bits per heavy atom. The minimum Gasteiger partial charge on any atom is -0.352 e. The summed E-state index contributed by atoms with van der Waals surface area (Å²) >= 11 is 3.36. The van der Waals surface area contributed by atoms with Crippen LogP contribution in [0.2, 0.25) is 0 Å². The van der Waals surface area contributed by atoms with Gasteiger partial charge in [-0.1, -0.05) is 12.1 Å². The van der Waals surface area contributed by atoms with Crippen LogP contribution in [0.1, 0.15) is 22.3 Å². The van der Waals surface area contributed by atoms with Crippen LogP contribution in [0.3, 0.4) is 0 Å². The van der Waals surface area contributed by atoms with Gasteiger partial charge in [0.05, 0.1) is 17.2 Å². The van der Waals surface area contributed by atoms with E-state index >= 15 is 0 Å². The van der Waals surface area contributed by atoms with Crippen LogP contribution in [0, 0.1) is 0 Å². The third-order valence-electron chi connectivity index (χ3n) is 3.54. The second-order valence-corrected chi connectivity index (χ2v) is 6.35. The molecule has 2 aromatic heterocycles. The summed E-state index contributed by atoms with van der Waals surface area (Å²) in [5.74, 6) is -0.0565. The predicted octanol–water partition coefficient (Wildman–Crippen LogP) is 2.71. The van der Waals surface area contributed by atoms with Crippen LogP contribution in [-0.2, 0) is 13.1 Å². The van der Waals surface area contributed by atoms with Gasteiger partial charge in [-0.2, -0.15) is 10.2 Å². The number of aryl methyl sites for hydroxylation is 1. The van der Waals surface area contributed by atoms with Crippen LogP contribution >= 0.6 is 15.9 Å². The van der Waals surface area contributed by atoms with Gasteiger partial charge in [-0.25, -0.2) is 0 Å². The van der Waals surface area contributed by atoms with Crippen molar-refractivity contribution in [2.75, 3.05) is 6.54 Å². The Balaban J connectivity index is 1.49. The van der Waals surface area contributed by atoms with Gasteiger partial charge in [-0.15, -0.1) is 0 Å². The molecule has 0 unspecified atom stereocenters. The third-order valence-corrected chi connectivity index (χ3v) is 3.95. The zero-order chi connectivity index (χ0) is 16.8. The highest BCUT2D eigenvalue weighted by Gasteiger charge is 2.06. The lowest BCUT2D eigenvalue weighted by atomic mass is 10.1. The lowest BCUT2D eigenvalue weighted by Crippen LogP contribution is -2.25. The molecule has 24 heavy (non-hydrogen) atoms. The number of hydrogen-bond acceptors (Lipinski definition) is 3. The average molecular weight is 388 g/mol. The highest BCUT2D eigenvalue weighted by Crippen LogP contribution is 2.08. The minimum atomic E-state index is -0.0565. The normalized spacial score (nSPS) is 10.7. The number of carbonyl (C=O) groups excluding carboxylic acids is 1. The number of hydrogen-bond donors (Lipinski definition) is 1. The van der Waals surface area contributed by atoms with Crippen LogP contribution in [0.5, 0.6) is 0 Å². The molecule has 0 aliphatic rings. The van der Waals surface area contributed by atoms with Gasteiger partial charge in [-0.3, -0.25) is 14.2 Å². The molecule has 0 radical (unpaired) electrons. The molecule has 0 bridgehead atoms. The molecule has 0 aliphatic carbocycles. The Kier molecular flexibility index (Phi) is 5.43. The molecule has 0 saturated carbocycles. The second kappa shape index (κ2) is 7.92. The van der Waals surface area contributed by atoms with Crippen molar-refractivity contribution in [2.45, 2.75) is 19.5 Å². The van der Waals surface area contributed by atoms with E-state index in [9.17, 15) is 4.79 Å². The molecule has 6 nitrogen and oxygen atoms in total. The van der Waals surface area contributed by atoms with Crippen molar-refractivity contribution >= 4 is 21.8 Å². The van der Waals surface area contributed by atoms with E-state index in [-0.39, 0.29) is 5.91 Å². The molecular formula is C17H18BrN5O. The summed E-state index contributed by atoms with van der Waals surface area (Å²) in [6.07, 6.45) is 8.15. The molecule has 1 amide bonds. The lowest BCUT2D eigenvalue weighted by Gasteiger charge is -2.07. The van der Waals surface area contributed by atoms with Crippen LogP contribution in [-0.4, -0.2) is 32.0 Å².